The maximum absolute atomic E-state index is 11.1. The molecule has 1 saturated heterocycles. The first kappa shape index (κ1) is 14.0. The van der Waals surface area contributed by atoms with Crippen molar-refractivity contribution >= 4 is 34.0 Å². The lowest BCUT2D eigenvalue weighted by Gasteiger charge is -2.34. The SMILES string of the molecule is N#CCN1CCN(c2ccc(I)cc2[N+](=O)[O-])CC1. The fraction of sp³-hybridized carbons (Fsp3) is 0.417. The van der Waals surface area contributed by atoms with E-state index in [1.54, 1.807) is 12.1 Å². The highest BCUT2D eigenvalue weighted by molar-refractivity contribution is 14.1. The minimum atomic E-state index is -0.334. The Morgan fingerprint density at radius 3 is 2.63 bits per heavy atom. The Bertz CT molecular complexity index is 521. The van der Waals surface area contributed by atoms with Crippen molar-refractivity contribution in [1.29, 1.82) is 5.26 Å². The highest BCUT2D eigenvalue weighted by atomic mass is 127. The zero-order chi connectivity index (χ0) is 13.8. The molecule has 6 nitrogen and oxygen atoms in total. The first-order chi connectivity index (χ1) is 9.11. The second-order valence-corrected chi connectivity index (χ2v) is 5.56. The van der Waals surface area contributed by atoms with Crippen molar-refractivity contribution in [1.82, 2.24) is 4.90 Å². The molecule has 1 fully saturated rings. The fourth-order valence-corrected chi connectivity index (χ4v) is 2.63. The van der Waals surface area contributed by atoms with Crippen molar-refractivity contribution in [3.63, 3.8) is 0 Å². The van der Waals surface area contributed by atoms with Crippen LogP contribution in [-0.4, -0.2) is 42.5 Å². The van der Waals surface area contributed by atoms with Crippen molar-refractivity contribution in [3.05, 3.63) is 31.9 Å². The molecule has 2 rings (SSSR count). The van der Waals surface area contributed by atoms with Crippen molar-refractivity contribution < 1.29 is 4.92 Å². The Hall–Kier alpha value is -1.40. The molecule has 0 radical (unpaired) electrons. The number of benzene rings is 1. The molecule has 0 N–H and O–H groups in total. The average Bonchev–Trinajstić information content (AvgIpc) is 2.40. The van der Waals surface area contributed by atoms with Gasteiger partial charge < -0.3 is 4.90 Å². The number of nitriles is 1. The van der Waals surface area contributed by atoms with E-state index < -0.39 is 0 Å². The average molecular weight is 372 g/mol. The number of nitro benzene ring substituents is 1. The van der Waals surface area contributed by atoms with Gasteiger partial charge in [-0.3, -0.25) is 15.0 Å². The van der Waals surface area contributed by atoms with Crippen LogP contribution in [-0.2, 0) is 0 Å². The van der Waals surface area contributed by atoms with E-state index in [9.17, 15) is 10.1 Å². The third kappa shape index (κ3) is 3.33. The number of anilines is 1. The van der Waals surface area contributed by atoms with Crippen LogP contribution >= 0.6 is 22.6 Å². The molecule has 0 spiro atoms. The van der Waals surface area contributed by atoms with E-state index in [2.05, 4.69) is 33.6 Å². The lowest BCUT2D eigenvalue weighted by atomic mass is 10.2. The second kappa shape index (κ2) is 6.16. The smallest absolute Gasteiger partial charge is 0.293 e. The van der Waals surface area contributed by atoms with Crippen LogP contribution < -0.4 is 4.90 Å². The fourth-order valence-electron chi connectivity index (χ4n) is 2.16. The summed E-state index contributed by atoms with van der Waals surface area (Å²) in [7, 11) is 0. The number of hydrogen-bond acceptors (Lipinski definition) is 5. The van der Waals surface area contributed by atoms with Gasteiger partial charge in [0.2, 0.25) is 0 Å². The summed E-state index contributed by atoms with van der Waals surface area (Å²) in [5.74, 6) is 0. The Kier molecular flexibility index (Phi) is 4.55. The van der Waals surface area contributed by atoms with E-state index in [0.717, 1.165) is 16.7 Å². The van der Waals surface area contributed by atoms with Crippen LogP contribution in [0.25, 0.3) is 0 Å². The van der Waals surface area contributed by atoms with E-state index in [1.807, 2.05) is 11.0 Å². The van der Waals surface area contributed by atoms with Gasteiger partial charge in [0.05, 0.1) is 17.5 Å². The standard InChI is InChI=1S/C12H13IN4O2/c13-10-1-2-11(12(9-10)17(18)19)16-7-5-15(4-3-14)6-8-16/h1-2,9H,4-8H2. The highest BCUT2D eigenvalue weighted by Gasteiger charge is 2.23. The minimum Gasteiger partial charge on any atom is -0.363 e. The summed E-state index contributed by atoms with van der Waals surface area (Å²) in [5.41, 5.74) is 0.822. The number of rotatable bonds is 3. The molecule has 7 heteroatoms. The summed E-state index contributed by atoms with van der Waals surface area (Å²) in [5, 5.41) is 19.8. The number of nitrogens with zero attached hydrogens (tertiary/aromatic N) is 4. The number of piperazine rings is 1. The third-order valence-corrected chi connectivity index (χ3v) is 3.81. The maximum atomic E-state index is 11.1. The van der Waals surface area contributed by atoms with Gasteiger partial charge in [-0.15, -0.1) is 0 Å². The zero-order valence-corrected chi connectivity index (χ0v) is 12.4. The monoisotopic (exact) mass is 372 g/mol. The number of halogens is 1. The topological polar surface area (TPSA) is 73.4 Å². The Morgan fingerprint density at radius 2 is 2.05 bits per heavy atom. The van der Waals surface area contributed by atoms with Crippen LogP contribution in [0.15, 0.2) is 18.2 Å². The molecule has 0 bridgehead atoms. The molecule has 100 valence electrons. The van der Waals surface area contributed by atoms with E-state index >= 15 is 0 Å². The van der Waals surface area contributed by atoms with Gasteiger partial charge in [-0.05, 0) is 34.7 Å². The molecule has 0 aliphatic carbocycles. The van der Waals surface area contributed by atoms with Gasteiger partial charge in [0.25, 0.3) is 5.69 Å². The Labute approximate surface area is 124 Å². The normalized spacial score (nSPS) is 16.1. The van der Waals surface area contributed by atoms with Crippen molar-refractivity contribution in [2.75, 3.05) is 37.6 Å². The predicted molar refractivity (Wildman–Crippen MR) is 80.1 cm³/mol. The summed E-state index contributed by atoms with van der Waals surface area (Å²) in [6.07, 6.45) is 0. The number of hydrogen-bond donors (Lipinski definition) is 0. The first-order valence-electron chi connectivity index (χ1n) is 5.90. The lowest BCUT2D eigenvalue weighted by Crippen LogP contribution is -2.46. The quantitative estimate of drug-likeness (QED) is 0.351. The van der Waals surface area contributed by atoms with Gasteiger partial charge in [-0.1, -0.05) is 0 Å². The number of nitro groups is 1. The summed E-state index contributed by atoms with van der Waals surface area (Å²) >= 11 is 2.07. The van der Waals surface area contributed by atoms with Crippen molar-refractivity contribution in [2.24, 2.45) is 0 Å². The van der Waals surface area contributed by atoms with Crippen LogP contribution in [0, 0.1) is 25.0 Å². The van der Waals surface area contributed by atoms with Crippen LogP contribution in [0.5, 0.6) is 0 Å². The molecule has 1 aliphatic rings. The van der Waals surface area contributed by atoms with Crippen LogP contribution in [0.2, 0.25) is 0 Å². The van der Waals surface area contributed by atoms with E-state index in [-0.39, 0.29) is 10.6 Å². The van der Waals surface area contributed by atoms with Crippen LogP contribution in [0.4, 0.5) is 11.4 Å². The second-order valence-electron chi connectivity index (χ2n) is 4.31. The summed E-state index contributed by atoms with van der Waals surface area (Å²) in [6.45, 7) is 3.36. The molecule has 0 amide bonds. The molecule has 1 aromatic rings. The predicted octanol–water partition coefficient (Wildman–Crippen LogP) is 1.84. The summed E-state index contributed by atoms with van der Waals surface area (Å²) in [4.78, 5) is 14.8. The van der Waals surface area contributed by atoms with E-state index in [0.29, 0.717) is 25.3 Å². The highest BCUT2D eigenvalue weighted by Crippen LogP contribution is 2.30. The van der Waals surface area contributed by atoms with Crippen molar-refractivity contribution in [3.8, 4) is 6.07 Å². The van der Waals surface area contributed by atoms with Crippen LogP contribution in [0.3, 0.4) is 0 Å². The molecule has 0 atom stereocenters. The molecule has 0 aromatic heterocycles. The van der Waals surface area contributed by atoms with E-state index in [4.69, 9.17) is 5.26 Å². The van der Waals surface area contributed by atoms with Gasteiger partial charge in [0, 0.05) is 35.8 Å². The Balaban J connectivity index is 2.16. The molecule has 1 aliphatic heterocycles. The zero-order valence-electron chi connectivity index (χ0n) is 10.3. The molecular formula is C12H13IN4O2. The molecular weight excluding hydrogens is 359 g/mol. The lowest BCUT2D eigenvalue weighted by molar-refractivity contribution is -0.384. The molecule has 1 aromatic carbocycles. The van der Waals surface area contributed by atoms with E-state index in [1.165, 1.54) is 0 Å². The molecule has 0 unspecified atom stereocenters. The largest absolute Gasteiger partial charge is 0.363 e. The summed E-state index contributed by atoms with van der Waals surface area (Å²) < 4.78 is 0.858. The third-order valence-electron chi connectivity index (χ3n) is 3.14. The first-order valence-corrected chi connectivity index (χ1v) is 6.98. The van der Waals surface area contributed by atoms with Gasteiger partial charge in [-0.2, -0.15) is 5.26 Å². The Morgan fingerprint density at radius 1 is 1.37 bits per heavy atom. The maximum Gasteiger partial charge on any atom is 0.293 e. The molecule has 19 heavy (non-hydrogen) atoms. The van der Waals surface area contributed by atoms with Crippen LogP contribution in [0.1, 0.15) is 0 Å². The summed E-state index contributed by atoms with van der Waals surface area (Å²) in [6, 6.07) is 7.41. The minimum absolute atomic E-state index is 0.153. The molecule has 1 heterocycles. The van der Waals surface area contributed by atoms with Gasteiger partial charge in [0.15, 0.2) is 0 Å². The van der Waals surface area contributed by atoms with Gasteiger partial charge in [-0.25, -0.2) is 0 Å². The molecule has 0 saturated carbocycles. The van der Waals surface area contributed by atoms with Crippen molar-refractivity contribution in [2.45, 2.75) is 0 Å². The van der Waals surface area contributed by atoms with Gasteiger partial charge in [0.1, 0.15) is 5.69 Å². The van der Waals surface area contributed by atoms with Gasteiger partial charge >= 0.3 is 0 Å².